The summed E-state index contributed by atoms with van der Waals surface area (Å²) in [6.07, 6.45) is 10.8. The van der Waals surface area contributed by atoms with Crippen LogP contribution in [-0.2, 0) is 0 Å². The van der Waals surface area contributed by atoms with Crippen molar-refractivity contribution in [3.8, 4) is 0 Å². The zero-order valence-electron chi connectivity index (χ0n) is 14.2. The van der Waals surface area contributed by atoms with Gasteiger partial charge in [-0.1, -0.05) is 89.9 Å². The van der Waals surface area contributed by atoms with Crippen molar-refractivity contribution in [1.29, 1.82) is 0 Å². The topological polar surface area (TPSA) is 0 Å². The second kappa shape index (κ2) is 8.17. The first kappa shape index (κ1) is 16.9. The highest BCUT2D eigenvalue weighted by atomic mass is 14.2. The molecule has 1 saturated heterocycles. The zero-order chi connectivity index (χ0) is 14.4. The molecule has 0 aromatic rings. The first-order valence-corrected chi connectivity index (χ1v) is 8.67. The maximum Gasteiger partial charge on any atom is 0.149 e. The SMILES string of the molecule is CC/C(=C\CC(C)C)CC1CC[C@H](CC)B1C(C)C. The molecule has 1 heterocycles. The van der Waals surface area contributed by atoms with Crippen molar-refractivity contribution in [3.05, 3.63) is 11.6 Å². The van der Waals surface area contributed by atoms with E-state index in [4.69, 9.17) is 0 Å². The molecular formula is C18H35B. The van der Waals surface area contributed by atoms with Crippen LogP contribution in [0, 0.1) is 5.92 Å². The van der Waals surface area contributed by atoms with Gasteiger partial charge in [-0.05, 0) is 25.2 Å². The van der Waals surface area contributed by atoms with Gasteiger partial charge in [0, 0.05) is 0 Å². The van der Waals surface area contributed by atoms with E-state index >= 15 is 0 Å². The Labute approximate surface area is 122 Å². The summed E-state index contributed by atoms with van der Waals surface area (Å²) in [4.78, 5) is 0. The van der Waals surface area contributed by atoms with E-state index in [0.717, 1.165) is 30.1 Å². The molecule has 0 nitrogen and oxygen atoms in total. The minimum Gasteiger partial charge on any atom is -0.0851 e. The van der Waals surface area contributed by atoms with Gasteiger partial charge in [-0.15, -0.1) is 0 Å². The van der Waals surface area contributed by atoms with E-state index < -0.39 is 0 Å². The first-order chi connectivity index (χ1) is 8.99. The Morgan fingerprint density at radius 2 is 1.74 bits per heavy atom. The molecule has 1 aliphatic rings. The lowest BCUT2D eigenvalue weighted by Gasteiger charge is -2.25. The lowest BCUT2D eigenvalue weighted by Crippen LogP contribution is -2.24. The predicted octanol–water partition coefficient (Wildman–Crippen LogP) is 6.61. The van der Waals surface area contributed by atoms with Crippen molar-refractivity contribution < 1.29 is 0 Å². The minimum absolute atomic E-state index is 0.800. The van der Waals surface area contributed by atoms with E-state index in [-0.39, 0.29) is 0 Å². The maximum absolute atomic E-state index is 2.54. The van der Waals surface area contributed by atoms with Gasteiger partial charge in [-0.3, -0.25) is 0 Å². The van der Waals surface area contributed by atoms with Crippen LogP contribution in [0.15, 0.2) is 11.6 Å². The molecule has 0 radical (unpaired) electrons. The van der Waals surface area contributed by atoms with E-state index in [2.05, 4.69) is 47.6 Å². The van der Waals surface area contributed by atoms with Crippen LogP contribution in [0.1, 0.15) is 80.1 Å². The van der Waals surface area contributed by atoms with Crippen molar-refractivity contribution in [2.75, 3.05) is 0 Å². The standard InChI is InChI=1S/C18H35B/c1-7-16(10-9-14(3)4)13-18-12-11-17(8-2)19(18)15(5)6/h10,14-15,17-18H,7-9,11-13H2,1-6H3/b16-10+/t17-,18?/m0/s1. The van der Waals surface area contributed by atoms with Crippen LogP contribution in [0.2, 0.25) is 17.5 Å². The summed E-state index contributed by atoms with van der Waals surface area (Å²) in [5.74, 6) is 3.62. The quantitative estimate of drug-likeness (QED) is 0.358. The van der Waals surface area contributed by atoms with Gasteiger partial charge in [0.05, 0.1) is 0 Å². The summed E-state index contributed by atoms with van der Waals surface area (Å²) < 4.78 is 0. The smallest absolute Gasteiger partial charge is 0.0851 e. The Hall–Kier alpha value is -0.195. The van der Waals surface area contributed by atoms with Gasteiger partial charge in [0.2, 0.25) is 0 Å². The molecule has 0 N–H and O–H groups in total. The van der Waals surface area contributed by atoms with Gasteiger partial charge in [0.15, 0.2) is 0 Å². The van der Waals surface area contributed by atoms with Crippen molar-refractivity contribution in [3.63, 3.8) is 0 Å². The third kappa shape index (κ3) is 5.01. The van der Waals surface area contributed by atoms with Crippen LogP contribution >= 0.6 is 0 Å². The first-order valence-electron chi connectivity index (χ1n) is 8.67. The number of allylic oxidation sites excluding steroid dienone is 2. The molecule has 0 aromatic heterocycles. The molecule has 0 spiro atoms. The fourth-order valence-electron chi connectivity index (χ4n) is 4.11. The lowest BCUT2D eigenvalue weighted by molar-refractivity contribution is 0.649. The largest absolute Gasteiger partial charge is 0.149 e. The average Bonchev–Trinajstić information content (AvgIpc) is 2.76. The normalized spacial score (nSPS) is 24.8. The third-order valence-electron chi connectivity index (χ3n) is 5.15. The molecule has 1 aliphatic heterocycles. The van der Waals surface area contributed by atoms with E-state index in [1.165, 1.54) is 38.5 Å². The van der Waals surface area contributed by atoms with E-state index in [0.29, 0.717) is 0 Å². The highest BCUT2D eigenvalue weighted by molar-refractivity contribution is 6.64. The number of hydrogen-bond acceptors (Lipinski definition) is 0. The van der Waals surface area contributed by atoms with Gasteiger partial charge in [0.1, 0.15) is 6.71 Å². The molecule has 0 saturated carbocycles. The van der Waals surface area contributed by atoms with Gasteiger partial charge >= 0.3 is 0 Å². The monoisotopic (exact) mass is 262 g/mol. The molecular weight excluding hydrogens is 227 g/mol. The van der Waals surface area contributed by atoms with Crippen LogP contribution in [0.4, 0.5) is 0 Å². The van der Waals surface area contributed by atoms with E-state index in [1.54, 1.807) is 5.57 Å². The van der Waals surface area contributed by atoms with Crippen LogP contribution in [0.25, 0.3) is 0 Å². The van der Waals surface area contributed by atoms with Gasteiger partial charge in [-0.2, -0.15) is 0 Å². The number of rotatable bonds is 7. The molecule has 0 amide bonds. The van der Waals surface area contributed by atoms with E-state index in [1.807, 2.05) is 0 Å². The van der Waals surface area contributed by atoms with Crippen molar-refractivity contribution in [1.82, 2.24) is 0 Å². The second-order valence-electron chi connectivity index (χ2n) is 7.38. The Morgan fingerprint density at radius 1 is 1.11 bits per heavy atom. The van der Waals surface area contributed by atoms with Crippen molar-refractivity contribution in [2.24, 2.45) is 5.92 Å². The van der Waals surface area contributed by atoms with Gasteiger partial charge in [0.25, 0.3) is 0 Å². The molecule has 0 aliphatic carbocycles. The second-order valence-corrected chi connectivity index (χ2v) is 7.38. The Bertz CT molecular complexity index is 277. The van der Waals surface area contributed by atoms with Crippen LogP contribution in [-0.4, -0.2) is 6.71 Å². The van der Waals surface area contributed by atoms with Gasteiger partial charge in [-0.25, -0.2) is 0 Å². The van der Waals surface area contributed by atoms with Crippen molar-refractivity contribution in [2.45, 2.75) is 97.5 Å². The summed E-state index contributed by atoms with van der Waals surface area (Å²) in [6, 6.07) is 0. The Morgan fingerprint density at radius 3 is 2.21 bits per heavy atom. The molecule has 110 valence electrons. The van der Waals surface area contributed by atoms with Crippen LogP contribution < -0.4 is 0 Å². The predicted molar refractivity (Wildman–Crippen MR) is 90.3 cm³/mol. The molecule has 1 unspecified atom stereocenters. The van der Waals surface area contributed by atoms with E-state index in [9.17, 15) is 0 Å². The molecule has 19 heavy (non-hydrogen) atoms. The molecule has 1 fully saturated rings. The Balaban J connectivity index is 2.65. The fraction of sp³-hybridized carbons (Fsp3) is 0.889. The zero-order valence-corrected chi connectivity index (χ0v) is 14.2. The summed E-state index contributed by atoms with van der Waals surface area (Å²) in [5.41, 5.74) is 1.72. The highest BCUT2D eigenvalue weighted by Crippen LogP contribution is 2.48. The van der Waals surface area contributed by atoms with Crippen molar-refractivity contribution >= 4 is 6.71 Å². The average molecular weight is 262 g/mol. The third-order valence-corrected chi connectivity index (χ3v) is 5.15. The summed E-state index contributed by atoms with van der Waals surface area (Å²) >= 11 is 0. The maximum atomic E-state index is 2.54. The molecule has 1 rings (SSSR count). The molecule has 2 atom stereocenters. The van der Waals surface area contributed by atoms with Crippen LogP contribution in [0.3, 0.4) is 0 Å². The molecule has 0 aromatic carbocycles. The molecule has 1 heteroatoms. The summed E-state index contributed by atoms with van der Waals surface area (Å²) in [6.45, 7) is 15.2. The van der Waals surface area contributed by atoms with Crippen LogP contribution in [0.5, 0.6) is 0 Å². The summed E-state index contributed by atoms with van der Waals surface area (Å²) in [5, 5.41) is 0. The van der Waals surface area contributed by atoms with Gasteiger partial charge < -0.3 is 0 Å². The highest BCUT2D eigenvalue weighted by Gasteiger charge is 2.39. The number of hydrogen-bond donors (Lipinski definition) is 0. The minimum atomic E-state index is 0.800. The molecule has 0 bridgehead atoms. The Kier molecular flexibility index (Phi) is 7.25. The lowest BCUT2D eigenvalue weighted by atomic mass is 9.30. The fourth-order valence-corrected chi connectivity index (χ4v) is 4.11. The summed E-state index contributed by atoms with van der Waals surface area (Å²) in [7, 11) is 0.